The Hall–Kier alpha value is -10.6. The van der Waals surface area contributed by atoms with Gasteiger partial charge in [0.1, 0.15) is 23.3 Å². The van der Waals surface area contributed by atoms with Gasteiger partial charge in [-0.15, -0.1) is 0 Å². The molecule has 18 heteroatoms. The molecule has 4 heterocycles. The Morgan fingerprint density at radius 1 is 0.310 bits per heavy atom. The Bertz CT molecular complexity index is 4120. The number of benzene rings is 8. The zero-order valence-corrected chi connectivity index (χ0v) is 46.7. The molecular formula is C66H60N14O4. The lowest BCUT2D eigenvalue weighted by Crippen LogP contribution is -2.34. The van der Waals surface area contributed by atoms with Crippen molar-refractivity contribution in [1.29, 1.82) is 0 Å². The lowest BCUT2D eigenvalue weighted by Gasteiger charge is -2.10. The molecule has 8 aromatic carbocycles. The van der Waals surface area contributed by atoms with Gasteiger partial charge >= 0.3 is 0 Å². The minimum atomic E-state index is -0.256. The van der Waals surface area contributed by atoms with Crippen LogP contribution in [-0.4, -0.2) is 141 Å². The highest BCUT2D eigenvalue weighted by Gasteiger charge is 2.16. The molecule has 0 fully saturated rings. The van der Waals surface area contributed by atoms with Crippen LogP contribution in [0.25, 0.3) is 112 Å². The largest absolute Gasteiger partial charge is 0.351 e. The maximum atomic E-state index is 13.1. The summed E-state index contributed by atoms with van der Waals surface area (Å²) in [6.45, 7) is 3.17. The zero-order chi connectivity index (χ0) is 57.8. The van der Waals surface area contributed by atoms with E-state index in [9.17, 15) is 19.2 Å². The molecular weight excluding hydrogens is 1050 g/mol. The average molecular weight is 1110 g/mol. The van der Waals surface area contributed by atoms with Crippen molar-refractivity contribution in [2.45, 2.75) is 0 Å². The van der Waals surface area contributed by atoms with Crippen molar-refractivity contribution in [2.75, 3.05) is 67.5 Å². The third kappa shape index (κ3) is 11.9. The van der Waals surface area contributed by atoms with Gasteiger partial charge < -0.3 is 51.0 Å². The predicted octanol–water partition coefficient (Wildman–Crippen LogP) is 9.94. The summed E-state index contributed by atoms with van der Waals surface area (Å²) in [6.07, 6.45) is 0. The van der Waals surface area contributed by atoms with Gasteiger partial charge in [-0.2, -0.15) is 0 Å². The highest BCUT2D eigenvalue weighted by atomic mass is 16.2. The maximum Gasteiger partial charge on any atom is 0.251 e. The molecule has 84 heavy (non-hydrogen) atoms. The normalized spacial score (nSPS) is 11.5. The number of aromatic amines is 4. The first kappa shape index (κ1) is 54.0. The van der Waals surface area contributed by atoms with E-state index in [0.717, 1.165) is 113 Å². The van der Waals surface area contributed by atoms with E-state index in [4.69, 9.17) is 19.9 Å². The standard InChI is InChI=1S/C66H60N14O4/c1-79(2)33-31-69-65(83)45-17-9-41(10-18-45)61-73-53-27-23-49(37-57(53)77-61)47-21-25-51-55(35-47)75-59(71-51)39-5-13-43(14-6-39)63(81)67-29-30-68-64(82)44-15-7-40(8-16-44)60-72-52-26-22-48(36-56(52)76-60)50-24-28-54-58(38-50)78-62(74-54)42-11-19-46(20-12-42)66(84)70-32-34-80(3)4/h5-28,35-38H,29-34H2,1-4H3,(H,67,81)(H,68,82)(H,69,83)(H,70,84)(H,71,75)(H,72,76)(H,73,77)(H,74,78). The quantitative estimate of drug-likeness (QED) is 0.0357. The highest BCUT2D eigenvalue weighted by molar-refractivity contribution is 5.98. The summed E-state index contributed by atoms with van der Waals surface area (Å²) in [7, 11) is 7.88. The Labute approximate surface area is 483 Å². The van der Waals surface area contributed by atoms with Gasteiger partial charge in [-0.05, 0) is 148 Å². The fraction of sp³-hybridized carbons (Fsp3) is 0.152. The van der Waals surface area contributed by atoms with Gasteiger partial charge in [0, 0.05) is 83.8 Å². The van der Waals surface area contributed by atoms with Crippen LogP contribution in [0, 0.1) is 0 Å². The van der Waals surface area contributed by atoms with Gasteiger partial charge in [0.25, 0.3) is 23.6 Å². The highest BCUT2D eigenvalue weighted by Crippen LogP contribution is 2.32. The van der Waals surface area contributed by atoms with Gasteiger partial charge in [-0.25, -0.2) is 19.9 Å². The number of likely N-dealkylation sites (N-methyl/N-ethyl adjacent to an activating group) is 2. The van der Waals surface area contributed by atoms with Crippen LogP contribution >= 0.6 is 0 Å². The summed E-state index contributed by atoms with van der Waals surface area (Å²) in [6, 6.07) is 53.8. The smallest absolute Gasteiger partial charge is 0.251 e. The number of H-pyrrole nitrogens is 4. The second-order valence-electron chi connectivity index (χ2n) is 21.2. The molecule has 4 amide bonds. The lowest BCUT2D eigenvalue weighted by molar-refractivity contribution is 0.0927. The molecule has 0 spiro atoms. The lowest BCUT2D eigenvalue weighted by atomic mass is 10.0. The number of rotatable bonds is 19. The summed E-state index contributed by atoms with van der Waals surface area (Å²) in [4.78, 5) is 88.6. The van der Waals surface area contributed by atoms with Crippen molar-refractivity contribution >= 4 is 67.8 Å². The van der Waals surface area contributed by atoms with Gasteiger partial charge in [-0.3, -0.25) is 19.2 Å². The maximum absolute atomic E-state index is 13.1. The van der Waals surface area contributed by atoms with E-state index in [1.807, 2.05) is 159 Å². The number of nitrogens with zero attached hydrogens (tertiary/aromatic N) is 6. The molecule has 4 aromatic heterocycles. The first-order valence-corrected chi connectivity index (χ1v) is 27.7. The van der Waals surface area contributed by atoms with Crippen molar-refractivity contribution in [3.8, 4) is 67.8 Å². The van der Waals surface area contributed by atoms with Crippen LogP contribution in [-0.2, 0) is 0 Å². The molecule has 0 aliphatic carbocycles. The fourth-order valence-electron chi connectivity index (χ4n) is 9.97. The number of amides is 4. The number of fused-ring (bicyclic) bond motifs is 4. The third-order valence-electron chi connectivity index (χ3n) is 14.7. The zero-order valence-electron chi connectivity index (χ0n) is 46.7. The third-order valence-corrected chi connectivity index (χ3v) is 14.7. The Morgan fingerprint density at radius 2 is 0.524 bits per heavy atom. The number of carbonyl (C=O) groups is 4. The van der Waals surface area contributed by atoms with Crippen LogP contribution in [0.3, 0.4) is 0 Å². The van der Waals surface area contributed by atoms with Gasteiger partial charge in [0.2, 0.25) is 0 Å². The van der Waals surface area contributed by atoms with Crippen LogP contribution in [0.5, 0.6) is 0 Å². The van der Waals surface area contributed by atoms with Crippen LogP contribution in [0.4, 0.5) is 0 Å². The Morgan fingerprint density at radius 3 is 0.750 bits per heavy atom. The topological polar surface area (TPSA) is 238 Å². The number of imidazole rings is 4. The monoisotopic (exact) mass is 1110 g/mol. The van der Waals surface area contributed by atoms with Crippen molar-refractivity contribution in [3.63, 3.8) is 0 Å². The van der Waals surface area contributed by atoms with E-state index in [1.54, 1.807) is 24.3 Å². The van der Waals surface area contributed by atoms with E-state index in [2.05, 4.69) is 65.5 Å². The van der Waals surface area contributed by atoms with E-state index in [1.165, 1.54) is 0 Å². The summed E-state index contributed by atoms with van der Waals surface area (Å²) in [5, 5.41) is 11.7. The van der Waals surface area contributed by atoms with Crippen LogP contribution in [0.2, 0.25) is 0 Å². The van der Waals surface area contributed by atoms with E-state index in [-0.39, 0.29) is 36.7 Å². The number of aromatic nitrogens is 8. The van der Waals surface area contributed by atoms with Crippen LogP contribution in [0.1, 0.15) is 41.4 Å². The molecule has 12 rings (SSSR count). The molecule has 0 radical (unpaired) electrons. The molecule has 0 saturated heterocycles. The summed E-state index contributed by atoms with van der Waals surface area (Å²) < 4.78 is 0. The number of carbonyl (C=O) groups excluding carboxylic acids is 4. The molecule has 0 bridgehead atoms. The second kappa shape index (κ2) is 23.5. The summed E-state index contributed by atoms with van der Waals surface area (Å²) in [5.74, 6) is 2.08. The van der Waals surface area contributed by atoms with Crippen molar-refractivity contribution in [1.82, 2.24) is 70.9 Å². The molecule has 0 aliphatic rings. The fourth-order valence-corrected chi connectivity index (χ4v) is 9.97. The second-order valence-corrected chi connectivity index (χ2v) is 21.2. The van der Waals surface area contributed by atoms with E-state index in [0.29, 0.717) is 47.0 Å². The predicted molar refractivity (Wildman–Crippen MR) is 331 cm³/mol. The molecule has 8 N–H and O–H groups in total. The minimum absolute atomic E-state index is 0.104. The van der Waals surface area contributed by atoms with E-state index < -0.39 is 0 Å². The Kier molecular flexibility index (Phi) is 15.1. The number of hydrogen-bond acceptors (Lipinski definition) is 10. The first-order valence-electron chi connectivity index (χ1n) is 27.7. The van der Waals surface area contributed by atoms with Gasteiger partial charge in [0.05, 0.1) is 44.1 Å². The summed E-state index contributed by atoms with van der Waals surface area (Å²) in [5.41, 5.74) is 16.5. The SMILES string of the molecule is CN(C)CCNC(=O)c1ccc(-c2nc3ccc(-c4ccc5nc(-c6ccc(C(=O)NCCNC(=O)c7ccc(-c8nc9ccc(-c%10ccc%11nc(-c%12ccc(C(=O)NCCN(C)C)cc%12)[nH]c%11c%10)cc9[nH]8)cc7)cc6)[nH]c5c4)cc3[nH]2)cc1. The van der Waals surface area contributed by atoms with Crippen molar-refractivity contribution in [2.24, 2.45) is 0 Å². The van der Waals surface area contributed by atoms with Crippen molar-refractivity contribution in [3.05, 3.63) is 192 Å². The first-order chi connectivity index (χ1) is 40.8. The Balaban J connectivity index is 0.614. The molecule has 0 saturated carbocycles. The van der Waals surface area contributed by atoms with Crippen LogP contribution < -0.4 is 21.3 Å². The average Bonchev–Trinajstić information content (AvgIpc) is 3.92. The van der Waals surface area contributed by atoms with Gasteiger partial charge in [0.15, 0.2) is 0 Å². The van der Waals surface area contributed by atoms with Crippen molar-refractivity contribution < 1.29 is 19.2 Å². The number of hydrogen-bond donors (Lipinski definition) is 8. The molecule has 0 atom stereocenters. The van der Waals surface area contributed by atoms with E-state index >= 15 is 0 Å². The number of nitrogens with one attached hydrogen (secondary N) is 8. The van der Waals surface area contributed by atoms with Gasteiger partial charge in [-0.1, -0.05) is 72.8 Å². The molecule has 0 unspecified atom stereocenters. The van der Waals surface area contributed by atoms with Crippen LogP contribution in [0.15, 0.2) is 170 Å². The molecule has 0 aliphatic heterocycles. The molecule has 18 nitrogen and oxygen atoms in total. The molecule has 12 aromatic rings. The molecule has 418 valence electrons. The minimum Gasteiger partial charge on any atom is -0.351 e. The summed E-state index contributed by atoms with van der Waals surface area (Å²) >= 11 is 0.